The van der Waals surface area contributed by atoms with E-state index in [1.807, 2.05) is 20.9 Å². The smallest absolute Gasteiger partial charge is 0.297 e. The molecule has 7 heteroatoms. The fourth-order valence-electron chi connectivity index (χ4n) is 2.96. The molecule has 1 aliphatic carbocycles. The fraction of sp³-hybridized carbons (Fsp3) is 0.500. The summed E-state index contributed by atoms with van der Waals surface area (Å²) in [7, 11) is -1.83. The third-order valence-electron chi connectivity index (χ3n) is 4.68. The quantitative estimate of drug-likeness (QED) is 0.762. The van der Waals surface area contributed by atoms with Crippen molar-refractivity contribution in [3.63, 3.8) is 0 Å². The van der Waals surface area contributed by atoms with Gasteiger partial charge in [-0.1, -0.05) is 17.7 Å². The van der Waals surface area contributed by atoms with Gasteiger partial charge in [0.1, 0.15) is 0 Å². The van der Waals surface area contributed by atoms with Gasteiger partial charge in [0.25, 0.3) is 10.1 Å². The molecule has 3 rings (SSSR count). The Morgan fingerprint density at radius 1 is 1.04 bits per heavy atom. The van der Waals surface area contributed by atoms with E-state index in [0.717, 1.165) is 29.8 Å². The minimum Gasteiger partial charge on any atom is -0.487 e. The SMILES string of the molecule is Cc1ccc(S(=O)(=O)OC2CCC(Oc3cnn(C)c3C)CC2)cc1. The predicted molar refractivity (Wildman–Crippen MR) is 94.1 cm³/mol. The Bertz CT molecular complexity index is 819. The third-order valence-corrected chi connectivity index (χ3v) is 6.05. The van der Waals surface area contributed by atoms with Crippen molar-refractivity contribution in [2.24, 2.45) is 7.05 Å². The summed E-state index contributed by atoms with van der Waals surface area (Å²) >= 11 is 0. The standard InChI is InChI=1S/C18H24N2O4S/c1-13-4-10-17(11-5-13)25(21,22)24-16-8-6-15(7-9-16)23-18-12-19-20(3)14(18)2/h4-5,10-12,15-16H,6-9H2,1-3H3. The molecule has 0 saturated heterocycles. The lowest BCUT2D eigenvalue weighted by Crippen LogP contribution is -2.30. The molecule has 1 aliphatic rings. The maximum absolute atomic E-state index is 12.4. The molecule has 2 aromatic rings. The lowest BCUT2D eigenvalue weighted by molar-refractivity contribution is 0.0837. The zero-order valence-corrected chi connectivity index (χ0v) is 15.6. The average molecular weight is 364 g/mol. The Balaban J connectivity index is 1.55. The second kappa shape index (κ2) is 7.17. The summed E-state index contributed by atoms with van der Waals surface area (Å²) in [5, 5.41) is 4.17. The largest absolute Gasteiger partial charge is 0.487 e. The van der Waals surface area contributed by atoms with E-state index in [1.165, 1.54) is 0 Å². The summed E-state index contributed by atoms with van der Waals surface area (Å²) in [4.78, 5) is 0.211. The van der Waals surface area contributed by atoms with Gasteiger partial charge in [0, 0.05) is 7.05 Å². The number of nitrogens with zero attached hydrogens (tertiary/aromatic N) is 2. The molecule has 1 aromatic carbocycles. The van der Waals surface area contributed by atoms with E-state index in [1.54, 1.807) is 35.1 Å². The summed E-state index contributed by atoms with van der Waals surface area (Å²) in [6, 6.07) is 6.73. The predicted octanol–water partition coefficient (Wildman–Crippen LogP) is 3.13. The number of aryl methyl sites for hydroxylation is 2. The van der Waals surface area contributed by atoms with Gasteiger partial charge in [-0.2, -0.15) is 13.5 Å². The molecule has 0 spiro atoms. The van der Waals surface area contributed by atoms with Crippen LogP contribution in [0, 0.1) is 13.8 Å². The monoisotopic (exact) mass is 364 g/mol. The number of hydrogen-bond donors (Lipinski definition) is 0. The number of rotatable bonds is 5. The van der Waals surface area contributed by atoms with E-state index in [4.69, 9.17) is 8.92 Å². The van der Waals surface area contributed by atoms with Crippen LogP contribution in [0.4, 0.5) is 0 Å². The Hall–Kier alpha value is -1.86. The van der Waals surface area contributed by atoms with Gasteiger partial charge < -0.3 is 4.74 Å². The van der Waals surface area contributed by atoms with Crippen LogP contribution in [0.5, 0.6) is 5.75 Å². The average Bonchev–Trinajstić information content (AvgIpc) is 2.89. The van der Waals surface area contributed by atoms with Crippen molar-refractivity contribution in [1.29, 1.82) is 0 Å². The van der Waals surface area contributed by atoms with Crippen molar-refractivity contribution < 1.29 is 17.3 Å². The highest BCUT2D eigenvalue weighted by Crippen LogP contribution is 2.29. The molecule has 0 atom stereocenters. The van der Waals surface area contributed by atoms with Crippen molar-refractivity contribution in [2.75, 3.05) is 0 Å². The fourth-order valence-corrected chi connectivity index (χ4v) is 4.09. The normalized spacial score (nSPS) is 21.2. The van der Waals surface area contributed by atoms with Crippen LogP contribution >= 0.6 is 0 Å². The zero-order chi connectivity index (χ0) is 18.0. The minimum absolute atomic E-state index is 0.0739. The molecule has 25 heavy (non-hydrogen) atoms. The molecule has 6 nitrogen and oxygen atoms in total. The Morgan fingerprint density at radius 3 is 2.20 bits per heavy atom. The molecule has 0 radical (unpaired) electrons. The van der Waals surface area contributed by atoms with Crippen molar-refractivity contribution in [3.8, 4) is 5.75 Å². The van der Waals surface area contributed by atoms with E-state index in [2.05, 4.69) is 5.10 Å². The van der Waals surface area contributed by atoms with Crippen LogP contribution in [-0.4, -0.2) is 30.4 Å². The first-order chi connectivity index (χ1) is 11.8. The molecule has 1 heterocycles. The van der Waals surface area contributed by atoms with Crippen LogP contribution < -0.4 is 4.74 Å². The van der Waals surface area contributed by atoms with Crippen LogP contribution in [0.2, 0.25) is 0 Å². The van der Waals surface area contributed by atoms with E-state index >= 15 is 0 Å². The molecule has 0 N–H and O–H groups in total. The Kier molecular flexibility index (Phi) is 5.15. The van der Waals surface area contributed by atoms with Crippen LogP contribution in [0.15, 0.2) is 35.4 Å². The first kappa shape index (κ1) is 17.9. The van der Waals surface area contributed by atoms with Crippen LogP contribution in [0.1, 0.15) is 36.9 Å². The summed E-state index contributed by atoms with van der Waals surface area (Å²) in [6.45, 7) is 3.88. The van der Waals surface area contributed by atoms with E-state index in [9.17, 15) is 8.42 Å². The molecule has 0 amide bonds. The van der Waals surface area contributed by atoms with Gasteiger partial charge in [-0.05, 0) is 51.7 Å². The number of ether oxygens (including phenoxy) is 1. The minimum atomic E-state index is -3.71. The van der Waals surface area contributed by atoms with E-state index < -0.39 is 10.1 Å². The molecule has 1 aromatic heterocycles. The molecular formula is C18H24N2O4S. The van der Waals surface area contributed by atoms with Gasteiger partial charge in [-0.25, -0.2) is 0 Å². The van der Waals surface area contributed by atoms with Gasteiger partial charge >= 0.3 is 0 Å². The topological polar surface area (TPSA) is 70.4 Å². The molecule has 1 fully saturated rings. The highest BCUT2D eigenvalue weighted by atomic mass is 32.2. The van der Waals surface area contributed by atoms with Crippen molar-refractivity contribution >= 4 is 10.1 Å². The van der Waals surface area contributed by atoms with Gasteiger partial charge in [0.05, 0.1) is 29.0 Å². The van der Waals surface area contributed by atoms with Crippen molar-refractivity contribution in [3.05, 3.63) is 41.7 Å². The Morgan fingerprint density at radius 2 is 1.64 bits per heavy atom. The molecule has 1 saturated carbocycles. The maximum atomic E-state index is 12.4. The highest BCUT2D eigenvalue weighted by Gasteiger charge is 2.28. The first-order valence-electron chi connectivity index (χ1n) is 8.50. The lowest BCUT2D eigenvalue weighted by atomic mass is 9.95. The van der Waals surface area contributed by atoms with Gasteiger partial charge in [0.15, 0.2) is 5.75 Å². The summed E-state index contributed by atoms with van der Waals surface area (Å²) < 4.78 is 37.9. The van der Waals surface area contributed by atoms with Crippen molar-refractivity contribution in [2.45, 2.75) is 56.6 Å². The van der Waals surface area contributed by atoms with E-state index in [-0.39, 0.29) is 17.1 Å². The molecule has 0 bridgehead atoms. The van der Waals surface area contributed by atoms with Crippen molar-refractivity contribution in [1.82, 2.24) is 9.78 Å². The third kappa shape index (κ3) is 4.22. The maximum Gasteiger partial charge on any atom is 0.297 e. The van der Waals surface area contributed by atoms with Gasteiger partial charge in [-0.15, -0.1) is 0 Å². The van der Waals surface area contributed by atoms with Gasteiger partial charge in [-0.3, -0.25) is 8.86 Å². The second-order valence-corrected chi connectivity index (χ2v) is 8.17. The lowest BCUT2D eigenvalue weighted by Gasteiger charge is -2.28. The van der Waals surface area contributed by atoms with Crippen LogP contribution in [0.25, 0.3) is 0 Å². The Labute approximate surface area is 148 Å². The summed E-state index contributed by atoms with van der Waals surface area (Å²) in [5.74, 6) is 0.791. The highest BCUT2D eigenvalue weighted by molar-refractivity contribution is 7.86. The molecule has 136 valence electrons. The van der Waals surface area contributed by atoms with Crippen LogP contribution in [-0.2, 0) is 21.3 Å². The van der Waals surface area contributed by atoms with Gasteiger partial charge in [0.2, 0.25) is 0 Å². The van der Waals surface area contributed by atoms with E-state index in [0.29, 0.717) is 12.8 Å². The first-order valence-corrected chi connectivity index (χ1v) is 9.91. The summed E-state index contributed by atoms with van der Waals surface area (Å²) in [6.07, 6.45) is 4.36. The second-order valence-electron chi connectivity index (χ2n) is 6.60. The number of benzene rings is 1. The molecular weight excluding hydrogens is 340 g/mol. The van der Waals surface area contributed by atoms with Crippen LogP contribution in [0.3, 0.4) is 0 Å². The summed E-state index contributed by atoms with van der Waals surface area (Å²) in [5.41, 5.74) is 2.00. The number of hydrogen-bond acceptors (Lipinski definition) is 5. The molecule has 0 unspecified atom stereocenters. The number of aromatic nitrogens is 2. The zero-order valence-electron chi connectivity index (χ0n) is 14.8. The molecule has 0 aliphatic heterocycles.